The van der Waals surface area contributed by atoms with E-state index >= 15 is 0 Å². The predicted molar refractivity (Wildman–Crippen MR) is 57.7 cm³/mol. The highest BCUT2D eigenvalue weighted by molar-refractivity contribution is 5.70. The summed E-state index contributed by atoms with van der Waals surface area (Å²) >= 11 is 0. The predicted octanol–water partition coefficient (Wildman–Crippen LogP) is 2.07. The van der Waals surface area contributed by atoms with Gasteiger partial charge in [0.15, 0.2) is 0 Å². The van der Waals surface area contributed by atoms with Gasteiger partial charge in [0.2, 0.25) is 0 Å². The Kier molecular flexibility index (Phi) is 2.90. The molecule has 0 aromatic heterocycles. The molecule has 1 amide bonds. The fourth-order valence-electron chi connectivity index (χ4n) is 1.93. The van der Waals surface area contributed by atoms with E-state index in [2.05, 4.69) is 12.1 Å². The van der Waals surface area contributed by atoms with E-state index in [0.717, 1.165) is 13.0 Å². The van der Waals surface area contributed by atoms with Gasteiger partial charge in [0.1, 0.15) is 6.61 Å². The summed E-state index contributed by atoms with van der Waals surface area (Å²) < 4.78 is 5.03. The molecule has 1 aliphatic heterocycles. The van der Waals surface area contributed by atoms with Crippen LogP contribution in [-0.4, -0.2) is 30.2 Å². The average molecular weight is 205 g/mol. The third kappa shape index (κ3) is 2.12. The molecule has 1 saturated heterocycles. The molecular weight excluding hydrogens is 190 g/mol. The van der Waals surface area contributed by atoms with Crippen molar-refractivity contribution in [2.24, 2.45) is 0 Å². The van der Waals surface area contributed by atoms with Gasteiger partial charge in [-0.2, -0.15) is 0 Å². The first kappa shape index (κ1) is 10.0. The van der Waals surface area contributed by atoms with Crippen LogP contribution in [0.4, 0.5) is 4.79 Å². The van der Waals surface area contributed by atoms with E-state index < -0.39 is 0 Å². The molecule has 0 radical (unpaired) electrons. The largest absolute Gasteiger partial charge is 0.447 e. The first-order chi connectivity index (χ1) is 7.31. The number of carbonyl (C=O) groups excluding carboxylic acids is 1. The van der Waals surface area contributed by atoms with Crippen LogP contribution in [0, 0.1) is 0 Å². The molecule has 1 fully saturated rings. The molecule has 0 N–H and O–H groups in total. The van der Waals surface area contributed by atoms with Crippen molar-refractivity contribution in [3.05, 3.63) is 35.9 Å². The SMILES string of the molecule is CCN1C(=O)OC[C@H]1Cc1ccccc1. The van der Waals surface area contributed by atoms with Crippen LogP contribution in [0.1, 0.15) is 12.5 Å². The molecule has 0 saturated carbocycles. The molecule has 1 aromatic rings. The maximum absolute atomic E-state index is 11.3. The summed E-state index contributed by atoms with van der Waals surface area (Å²) in [5.41, 5.74) is 1.25. The summed E-state index contributed by atoms with van der Waals surface area (Å²) in [6.45, 7) is 3.21. The quantitative estimate of drug-likeness (QED) is 0.756. The van der Waals surface area contributed by atoms with Gasteiger partial charge >= 0.3 is 6.09 Å². The van der Waals surface area contributed by atoms with E-state index in [4.69, 9.17) is 4.74 Å². The fourth-order valence-corrected chi connectivity index (χ4v) is 1.93. The van der Waals surface area contributed by atoms with Gasteiger partial charge in [0.25, 0.3) is 0 Å². The number of carbonyl (C=O) groups is 1. The molecule has 0 bridgehead atoms. The lowest BCUT2D eigenvalue weighted by atomic mass is 10.1. The zero-order valence-electron chi connectivity index (χ0n) is 8.85. The lowest BCUT2D eigenvalue weighted by Crippen LogP contribution is -2.34. The standard InChI is InChI=1S/C12H15NO2/c1-2-13-11(9-15-12(13)14)8-10-6-4-3-5-7-10/h3-7,11H,2,8-9H2,1H3/t11-/m1/s1. The molecule has 1 atom stereocenters. The number of amides is 1. The van der Waals surface area contributed by atoms with E-state index in [9.17, 15) is 4.79 Å². The lowest BCUT2D eigenvalue weighted by molar-refractivity contribution is 0.159. The summed E-state index contributed by atoms with van der Waals surface area (Å²) in [7, 11) is 0. The monoisotopic (exact) mass is 205 g/mol. The lowest BCUT2D eigenvalue weighted by Gasteiger charge is -2.19. The van der Waals surface area contributed by atoms with Crippen molar-refractivity contribution in [1.29, 1.82) is 0 Å². The van der Waals surface area contributed by atoms with E-state index in [1.54, 1.807) is 4.90 Å². The first-order valence-corrected chi connectivity index (χ1v) is 5.28. The number of ether oxygens (including phenoxy) is 1. The number of benzene rings is 1. The van der Waals surface area contributed by atoms with Gasteiger partial charge in [-0.1, -0.05) is 30.3 Å². The summed E-state index contributed by atoms with van der Waals surface area (Å²) in [6.07, 6.45) is 0.693. The van der Waals surface area contributed by atoms with Crippen molar-refractivity contribution >= 4 is 6.09 Å². The molecule has 3 nitrogen and oxygen atoms in total. The van der Waals surface area contributed by atoms with E-state index in [-0.39, 0.29) is 12.1 Å². The number of nitrogens with zero attached hydrogens (tertiary/aromatic N) is 1. The van der Waals surface area contributed by atoms with Crippen molar-refractivity contribution < 1.29 is 9.53 Å². The van der Waals surface area contributed by atoms with E-state index in [0.29, 0.717) is 6.61 Å². The van der Waals surface area contributed by atoms with Crippen LogP contribution in [0.25, 0.3) is 0 Å². The first-order valence-electron chi connectivity index (χ1n) is 5.28. The van der Waals surface area contributed by atoms with E-state index in [1.807, 2.05) is 25.1 Å². The maximum Gasteiger partial charge on any atom is 0.410 e. The minimum absolute atomic E-state index is 0.182. The molecule has 0 unspecified atom stereocenters. The van der Waals surface area contributed by atoms with Crippen LogP contribution >= 0.6 is 0 Å². The van der Waals surface area contributed by atoms with Gasteiger partial charge in [0.05, 0.1) is 6.04 Å². The van der Waals surface area contributed by atoms with Gasteiger partial charge in [-0.25, -0.2) is 4.79 Å². The molecule has 80 valence electrons. The van der Waals surface area contributed by atoms with Gasteiger partial charge in [-0.15, -0.1) is 0 Å². The maximum atomic E-state index is 11.3. The topological polar surface area (TPSA) is 29.5 Å². The normalized spacial score (nSPS) is 20.5. The second-order valence-electron chi connectivity index (χ2n) is 3.71. The summed E-state index contributed by atoms with van der Waals surface area (Å²) in [5, 5.41) is 0. The van der Waals surface area contributed by atoms with Crippen LogP contribution in [0.15, 0.2) is 30.3 Å². The number of likely N-dealkylation sites (N-methyl/N-ethyl adjacent to an activating group) is 1. The van der Waals surface area contributed by atoms with Crippen LogP contribution in [-0.2, 0) is 11.2 Å². The van der Waals surface area contributed by atoms with Gasteiger partial charge < -0.3 is 9.64 Å². The molecule has 2 rings (SSSR count). The second kappa shape index (κ2) is 4.34. The highest BCUT2D eigenvalue weighted by atomic mass is 16.6. The van der Waals surface area contributed by atoms with E-state index in [1.165, 1.54) is 5.56 Å². The van der Waals surface area contributed by atoms with Gasteiger partial charge in [-0.05, 0) is 18.9 Å². The third-order valence-electron chi connectivity index (χ3n) is 2.73. The Hall–Kier alpha value is -1.51. The number of hydrogen-bond acceptors (Lipinski definition) is 2. The minimum atomic E-state index is -0.182. The Morgan fingerprint density at radius 1 is 1.40 bits per heavy atom. The van der Waals surface area contributed by atoms with Crippen LogP contribution in [0.2, 0.25) is 0 Å². The van der Waals surface area contributed by atoms with Crippen LogP contribution < -0.4 is 0 Å². The van der Waals surface area contributed by atoms with Crippen molar-refractivity contribution in [2.45, 2.75) is 19.4 Å². The van der Waals surface area contributed by atoms with Crippen LogP contribution in [0.3, 0.4) is 0 Å². The van der Waals surface area contributed by atoms with Crippen LogP contribution in [0.5, 0.6) is 0 Å². The van der Waals surface area contributed by atoms with Crippen molar-refractivity contribution in [3.63, 3.8) is 0 Å². The molecule has 1 aliphatic rings. The molecule has 3 heteroatoms. The Bertz CT molecular complexity index is 337. The van der Waals surface area contributed by atoms with Gasteiger partial charge in [0, 0.05) is 6.54 Å². The summed E-state index contributed by atoms with van der Waals surface area (Å²) in [5.74, 6) is 0. The Morgan fingerprint density at radius 2 is 2.13 bits per heavy atom. The Morgan fingerprint density at radius 3 is 2.80 bits per heavy atom. The summed E-state index contributed by atoms with van der Waals surface area (Å²) in [6, 6.07) is 10.4. The molecule has 0 aliphatic carbocycles. The Labute approximate surface area is 89.7 Å². The number of hydrogen-bond donors (Lipinski definition) is 0. The van der Waals surface area contributed by atoms with Gasteiger partial charge in [-0.3, -0.25) is 0 Å². The second-order valence-corrected chi connectivity index (χ2v) is 3.71. The molecule has 15 heavy (non-hydrogen) atoms. The zero-order valence-corrected chi connectivity index (χ0v) is 8.85. The third-order valence-corrected chi connectivity index (χ3v) is 2.73. The highest BCUT2D eigenvalue weighted by Crippen LogP contribution is 2.16. The van der Waals surface area contributed by atoms with Crippen molar-refractivity contribution in [2.75, 3.05) is 13.2 Å². The number of cyclic esters (lactones) is 1. The minimum Gasteiger partial charge on any atom is -0.447 e. The molecular formula is C12H15NO2. The fraction of sp³-hybridized carbons (Fsp3) is 0.417. The zero-order chi connectivity index (χ0) is 10.7. The molecule has 0 spiro atoms. The van der Waals surface area contributed by atoms with Crippen molar-refractivity contribution in [1.82, 2.24) is 4.90 Å². The van der Waals surface area contributed by atoms with Crippen molar-refractivity contribution in [3.8, 4) is 0 Å². The smallest absolute Gasteiger partial charge is 0.410 e. The Balaban J connectivity index is 2.04. The number of rotatable bonds is 3. The molecule has 1 heterocycles. The average Bonchev–Trinajstić information content (AvgIpc) is 2.61. The summed E-state index contributed by atoms with van der Waals surface area (Å²) in [4.78, 5) is 13.1. The highest BCUT2D eigenvalue weighted by Gasteiger charge is 2.31. The molecule has 1 aromatic carbocycles.